The lowest BCUT2D eigenvalue weighted by Gasteiger charge is -2.12. The second-order valence-corrected chi connectivity index (χ2v) is 3.76. The number of carbonyl (C=O) groups is 1. The van der Waals surface area contributed by atoms with Gasteiger partial charge < -0.3 is 19.0 Å². The van der Waals surface area contributed by atoms with Crippen LogP contribution in [0.3, 0.4) is 0 Å². The van der Waals surface area contributed by atoms with Gasteiger partial charge in [-0.25, -0.2) is 4.79 Å². The molecule has 19 heavy (non-hydrogen) atoms. The molecule has 0 amide bonds. The highest BCUT2D eigenvalue weighted by Gasteiger charge is 2.19. The van der Waals surface area contributed by atoms with Crippen LogP contribution in [0, 0.1) is 0 Å². The SMILES string of the molecule is CCOc1cc(C(=O)O)c(-c2ccco2)cc1OC. The van der Waals surface area contributed by atoms with Crippen LogP contribution in [0.25, 0.3) is 11.3 Å². The molecule has 5 nitrogen and oxygen atoms in total. The third-order valence-corrected chi connectivity index (χ3v) is 2.62. The zero-order chi connectivity index (χ0) is 13.8. The molecule has 0 saturated carbocycles. The lowest BCUT2D eigenvalue weighted by molar-refractivity contribution is 0.0697. The van der Waals surface area contributed by atoms with Gasteiger partial charge in [-0.05, 0) is 31.2 Å². The Morgan fingerprint density at radius 1 is 1.37 bits per heavy atom. The van der Waals surface area contributed by atoms with Gasteiger partial charge in [0.15, 0.2) is 11.5 Å². The number of aromatic carboxylic acids is 1. The first-order valence-electron chi connectivity index (χ1n) is 5.79. The van der Waals surface area contributed by atoms with Crippen molar-refractivity contribution in [2.75, 3.05) is 13.7 Å². The molecular formula is C14H14O5. The largest absolute Gasteiger partial charge is 0.493 e. The van der Waals surface area contributed by atoms with Crippen molar-refractivity contribution in [1.82, 2.24) is 0 Å². The normalized spacial score (nSPS) is 10.2. The summed E-state index contributed by atoms with van der Waals surface area (Å²) in [7, 11) is 1.50. The minimum absolute atomic E-state index is 0.110. The summed E-state index contributed by atoms with van der Waals surface area (Å²) in [6.07, 6.45) is 1.49. The van der Waals surface area contributed by atoms with Gasteiger partial charge >= 0.3 is 5.97 Å². The molecule has 0 bridgehead atoms. The molecule has 1 heterocycles. The molecule has 0 radical (unpaired) electrons. The van der Waals surface area contributed by atoms with Gasteiger partial charge in [-0.2, -0.15) is 0 Å². The lowest BCUT2D eigenvalue weighted by Crippen LogP contribution is -2.03. The lowest BCUT2D eigenvalue weighted by atomic mass is 10.0. The van der Waals surface area contributed by atoms with E-state index in [-0.39, 0.29) is 5.56 Å². The third-order valence-electron chi connectivity index (χ3n) is 2.62. The summed E-state index contributed by atoms with van der Waals surface area (Å²) in [5, 5.41) is 9.28. The van der Waals surface area contributed by atoms with Crippen LogP contribution in [0.4, 0.5) is 0 Å². The van der Waals surface area contributed by atoms with Crippen molar-refractivity contribution in [2.24, 2.45) is 0 Å². The van der Waals surface area contributed by atoms with Crippen LogP contribution in [0.1, 0.15) is 17.3 Å². The maximum absolute atomic E-state index is 11.3. The van der Waals surface area contributed by atoms with Gasteiger partial charge in [0.05, 0.1) is 25.5 Å². The maximum atomic E-state index is 11.3. The standard InChI is InChI=1S/C14H14O5/c1-3-18-13-8-10(14(15)16)9(7-12(13)17-2)11-5-4-6-19-11/h4-8H,3H2,1-2H3,(H,15,16). The number of carboxylic acids is 1. The Labute approximate surface area is 110 Å². The summed E-state index contributed by atoms with van der Waals surface area (Å²) in [6, 6.07) is 6.45. The molecule has 5 heteroatoms. The van der Waals surface area contributed by atoms with E-state index in [0.717, 1.165) is 0 Å². The number of methoxy groups -OCH3 is 1. The quantitative estimate of drug-likeness (QED) is 0.896. The molecule has 2 rings (SSSR count). The summed E-state index contributed by atoms with van der Waals surface area (Å²) in [4.78, 5) is 11.3. The smallest absolute Gasteiger partial charge is 0.336 e. The Morgan fingerprint density at radius 2 is 2.16 bits per heavy atom. The van der Waals surface area contributed by atoms with Gasteiger partial charge in [-0.3, -0.25) is 0 Å². The Bertz CT molecular complexity index is 572. The first-order chi connectivity index (χ1) is 9.17. The molecule has 0 atom stereocenters. The summed E-state index contributed by atoms with van der Waals surface area (Å²) in [6.45, 7) is 2.25. The first-order valence-corrected chi connectivity index (χ1v) is 5.79. The van der Waals surface area contributed by atoms with E-state index in [1.165, 1.54) is 19.4 Å². The predicted octanol–water partition coefficient (Wildman–Crippen LogP) is 3.05. The zero-order valence-electron chi connectivity index (χ0n) is 10.7. The molecule has 0 unspecified atom stereocenters. The highest BCUT2D eigenvalue weighted by molar-refractivity contribution is 5.96. The topological polar surface area (TPSA) is 68.9 Å². The van der Waals surface area contributed by atoms with Crippen LogP contribution in [0.2, 0.25) is 0 Å². The van der Waals surface area contributed by atoms with E-state index >= 15 is 0 Å². The van der Waals surface area contributed by atoms with E-state index in [1.54, 1.807) is 18.2 Å². The number of hydrogen-bond donors (Lipinski definition) is 1. The fourth-order valence-corrected chi connectivity index (χ4v) is 1.80. The highest BCUT2D eigenvalue weighted by Crippen LogP contribution is 2.36. The maximum Gasteiger partial charge on any atom is 0.336 e. The Kier molecular flexibility index (Phi) is 3.75. The van der Waals surface area contributed by atoms with Gasteiger partial charge in [0.1, 0.15) is 5.76 Å². The highest BCUT2D eigenvalue weighted by atomic mass is 16.5. The molecule has 0 aliphatic carbocycles. The Morgan fingerprint density at radius 3 is 2.68 bits per heavy atom. The van der Waals surface area contributed by atoms with Crippen LogP contribution in [0.5, 0.6) is 11.5 Å². The van der Waals surface area contributed by atoms with Gasteiger partial charge in [0.25, 0.3) is 0 Å². The molecular weight excluding hydrogens is 248 g/mol. The molecule has 1 N–H and O–H groups in total. The Hall–Kier alpha value is -2.43. The van der Waals surface area contributed by atoms with Crippen molar-refractivity contribution in [3.8, 4) is 22.8 Å². The van der Waals surface area contributed by atoms with E-state index in [2.05, 4.69) is 0 Å². The average molecular weight is 262 g/mol. The van der Waals surface area contributed by atoms with Crippen molar-refractivity contribution in [3.63, 3.8) is 0 Å². The molecule has 0 saturated heterocycles. The van der Waals surface area contributed by atoms with Crippen LogP contribution < -0.4 is 9.47 Å². The number of carboxylic acid groups (broad SMARTS) is 1. The monoisotopic (exact) mass is 262 g/mol. The summed E-state index contributed by atoms with van der Waals surface area (Å²) in [5.41, 5.74) is 0.567. The van der Waals surface area contributed by atoms with E-state index in [9.17, 15) is 9.90 Å². The van der Waals surface area contributed by atoms with Crippen molar-refractivity contribution >= 4 is 5.97 Å². The molecule has 100 valence electrons. The minimum atomic E-state index is -1.05. The van der Waals surface area contributed by atoms with Crippen LogP contribution in [-0.4, -0.2) is 24.8 Å². The molecule has 2 aromatic rings. The van der Waals surface area contributed by atoms with Gasteiger partial charge in [-0.1, -0.05) is 0 Å². The van der Waals surface area contributed by atoms with E-state index in [1.807, 2.05) is 6.92 Å². The number of hydrogen-bond acceptors (Lipinski definition) is 4. The van der Waals surface area contributed by atoms with Crippen LogP contribution in [-0.2, 0) is 0 Å². The van der Waals surface area contributed by atoms with Crippen LogP contribution in [0.15, 0.2) is 34.9 Å². The summed E-state index contributed by atoms with van der Waals surface area (Å²) < 4.78 is 15.8. The van der Waals surface area contributed by atoms with Gasteiger partial charge in [0.2, 0.25) is 0 Å². The number of rotatable bonds is 5. The fourth-order valence-electron chi connectivity index (χ4n) is 1.80. The predicted molar refractivity (Wildman–Crippen MR) is 68.8 cm³/mol. The van der Waals surface area contributed by atoms with E-state index in [4.69, 9.17) is 13.9 Å². The average Bonchev–Trinajstić information content (AvgIpc) is 2.92. The first kappa shape index (κ1) is 13.0. The molecule has 1 aromatic heterocycles. The molecule has 1 aromatic carbocycles. The second kappa shape index (κ2) is 5.48. The number of benzene rings is 1. The fraction of sp³-hybridized carbons (Fsp3) is 0.214. The third kappa shape index (κ3) is 2.54. The zero-order valence-corrected chi connectivity index (χ0v) is 10.7. The minimum Gasteiger partial charge on any atom is -0.493 e. The summed E-state index contributed by atoms with van der Waals surface area (Å²) >= 11 is 0. The van der Waals surface area contributed by atoms with Crippen molar-refractivity contribution < 1.29 is 23.8 Å². The van der Waals surface area contributed by atoms with Crippen molar-refractivity contribution in [2.45, 2.75) is 6.92 Å². The van der Waals surface area contributed by atoms with Gasteiger partial charge in [0, 0.05) is 5.56 Å². The van der Waals surface area contributed by atoms with Crippen LogP contribution >= 0.6 is 0 Å². The number of furan rings is 1. The van der Waals surface area contributed by atoms with Gasteiger partial charge in [-0.15, -0.1) is 0 Å². The molecule has 0 fully saturated rings. The molecule has 0 spiro atoms. The van der Waals surface area contributed by atoms with Crippen molar-refractivity contribution in [3.05, 3.63) is 36.1 Å². The molecule has 0 aliphatic rings. The van der Waals surface area contributed by atoms with Crippen molar-refractivity contribution in [1.29, 1.82) is 0 Å². The number of ether oxygens (including phenoxy) is 2. The molecule has 0 aliphatic heterocycles. The Balaban J connectivity index is 2.61. The second-order valence-electron chi connectivity index (χ2n) is 3.76. The summed E-state index contributed by atoms with van der Waals surface area (Å²) in [5.74, 6) is 0.296. The van der Waals surface area contributed by atoms with E-state index < -0.39 is 5.97 Å². The van der Waals surface area contributed by atoms with E-state index in [0.29, 0.717) is 29.4 Å².